The van der Waals surface area contributed by atoms with Crippen LogP contribution in [0.2, 0.25) is 0 Å². The highest BCUT2D eigenvalue weighted by Crippen LogP contribution is 2.30. The monoisotopic (exact) mass is 243 g/mol. The van der Waals surface area contributed by atoms with Crippen molar-refractivity contribution in [1.29, 1.82) is 0 Å². The zero-order valence-electron chi connectivity index (χ0n) is 9.50. The molecule has 1 aromatic heterocycles. The minimum Gasteiger partial charge on any atom is -0.392 e. The Morgan fingerprint density at radius 1 is 1.24 bits per heavy atom. The molecule has 17 heavy (non-hydrogen) atoms. The van der Waals surface area contributed by atoms with Crippen LogP contribution in [0.25, 0.3) is 0 Å². The normalized spacial score (nSPS) is 13.9. The fourth-order valence-corrected chi connectivity index (χ4v) is 1.97. The summed E-state index contributed by atoms with van der Waals surface area (Å²) in [5.74, 6) is 0. The van der Waals surface area contributed by atoms with Crippen molar-refractivity contribution in [2.45, 2.75) is 12.3 Å². The zero-order chi connectivity index (χ0) is 12.3. The van der Waals surface area contributed by atoms with Crippen LogP contribution in [-0.4, -0.2) is 15.0 Å². The molecule has 0 radical (unpaired) electrons. The van der Waals surface area contributed by atoms with Gasteiger partial charge in [0.15, 0.2) is 0 Å². The number of nitrogens with two attached hydrogens (primary N) is 1. The predicted molar refractivity (Wildman–Crippen MR) is 71.7 cm³/mol. The van der Waals surface area contributed by atoms with Crippen LogP contribution in [-0.2, 0) is 5.41 Å². The van der Waals surface area contributed by atoms with E-state index in [-0.39, 0.29) is 0 Å². The summed E-state index contributed by atoms with van der Waals surface area (Å²) in [6.45, 7) is 1.97. The largest absolute Gasteiger partial charge is 0.392 e. The number of hydrogen-bond acceptors (Lipinski definition) is 3. The standard InChI is InChI=1S/C13H13N3S/c1-13(12(14)17,10-5-3-2-4-6-10)11-9-15-7-8-16-11/h2-9H,1H3,(H2,14,17). The quantitative estimate of drug-likeness (QED) is 0.838. The molecule has 2 N–H and O–H groups in total. The molecule has 1 atom stereocenters. The lowest BCUT2D eigenvalue weighted by molar-refractivity contribution is 0.735. The van der Waals surface area contributed by atoms with Crippen molar-refractivity contribution in [3.05, 3.63) is 60.2 Å². The summed E-state index contributed by atoms with van der Waals surface area (Å²) in [4.78, 5) is 8.79. The first kappa shape index (κ1) is 11.7. The number of thiocarbonyl (C=S) groups is 1. The molecule has 0 saturated heterocycles. The second-order valence-electron chi connectivity index (χ2n) is 3.95. The molecule has 0 fully saturated rings. The van der Waals surface area contributed by atoms with Gasteiger partial charge in [-0.25, -0.2) is 0 Å². The van der Waals surface area contributed by atoms with E-state index in [1.54, 1.807) is 18.6 Å². The Kier molecular flexibility index (Phi) is 3.15. The first-order chi connectivity index (χ1) is 8.15. The van der Waals surface area contributed by atoms with Gasteiger partial charge < -0.3 is 5.73 Å². The fraction of sp³-hybridized carbons (Fsp3) is 0.154. The van der Waals surface area contributed by atoms with Crippen LogP contribution >= 0.6 is 12.2 Å². The molecule has 0 aliphatic carbocycles. The Morgan fingerprint density at radius 2 is 1.94 bits per heavy atom. The average molecular weight is 243 g/mol. The first-order valence-electron chi connectivity index (χ1n) is 5.27. The fourth-order valence-electron chi connectivity index (χ4n) is 1.75. The molecule has 0 amide bonds. The molecule has 1 aromatic carbocycles. The average Bonchev–Trinajstić information content (AvgIpc) is 2.39. The third kappa shape index (κ3) is 2.03. The molecule has 0 spiro atoms. The maximum absolute atomic E-state index is 5.90. The van der Waals surface area contributed by atoms with E-state index < -0.39 is 5.41 Å². The van der Waals surface area contributed by atoms with E-state index in [1.807, 2.05) is 37.3 Å². The van der Waals surface area contributed by atoms with Gasteiger partial charge in [0.05, 0.1) is 16.1 Å². The summed E-state index contributed by atoms with van der Waals surface area (Å²) >= 11 is 5.20. The Morgan fingerprint density at radius 3 is 2.47 bits per heavy atom. The van der Waals surface area contributed by atoms with Gasteiger partial charge >= 0.3 is 0 Å². The molecule has 1 unspecified atom stereocenters. The number of nitrogens with zero attached hydrogens (tertiary/aromatic N) is 2. The topological polar surface area (TPSA) is 51.8 Å². The van der Waals surface area contributed by atoms with Crippen molar-refractivity contribution >= 4 is 17.2 Å². The number of rotatable bonds is 3. The summed E-state index contributed by atoms with van der Waals surface area (Å²) in [5.41, 5.74) is 7.10. The van der Waals surface area contributed by atoms with Crippen LogP contribution in [0.15, 0.2) is 48.9 Å². The van der Waals surface area contributed by atoms with Crippen molar-refractivity contribution in [2.75, 3.05) is 0 Å². The Balaban J connectivity index is 2.59. The van der Waals surface area contributed by atoms with Crippen molar-refractivity contribution < 1.29 is 0 Å². The highest BCUT2D eigenvalue weighted by Gasteiger charge is 2.33. The van der Waals surface area contributed by atoms with Crippen LogP contribution in [0.5, 0.6) is 0 Å². The van der Waals surface area contributed by atoms with E-state index >= 15 is 0 Å². The van der Waals surface area contributed by atoms with Crippen LogP contribution in [0.1, 0.15) is 18.2 Å². The molecule has 2 aromatic rings. The van der Waals surface area contributed by atoms with E-state index in [0.29, 0.717) is 4.99 Å². The van der Waals surface area contributed by atoms with Gasteiger partial charge in [-0.2, -0.15) is 0 Å². The lowest BCUT2D eigenvalue weighted by Gasteiger charge is -2.27. The lowest BCUT2D eigenvalue weighted by atomic mass is 9.79. The molecule has 0 aliphatic heterocycles. The number of aromatic nitrogens is 2. The van der Waals surface area contributed by atoms with Gasteiger partial charge in [-0.05, 0) is 12.5 Å². The van der Waals surface area contributed by atoms with Gasteiger partial charge in [-0.3, -0.25) is 9.97 Å². The van der Waals surface area contributed by atoms with Crippen LogP contribution in [0, 0.1) is 0 Å². The summed E-state index contributed by atoms with van der Waals surface area (Å²) in [6.07, 6.45) is 4.98. The third-order valence-corrected chi connectivity index (χ3v) is 3.33. The molecule has 86 valence electrons. The van der Waals surface area contributed by atoms with E-state index in [1.165, 1.54) is 0 Å². The van der Waals surface area contributed by atoms with Gasteiger partial charge in [0, 0.05) is 18.6 Å². The molecular formula is C13H13N3S. The molecule has 0 aliphatic rings. The van der Waals surface area contributed by atoms with Crippen molar-refractivity contribution in [3.8, 4) is 0 Å². The summed E-state index contributed by atoms with van der Waals surface area (Å²) in [6, 6.07) is 9.87. The van der Waals surface area contributed by atoms with Gasteiger partial charge in [0.25, 0.3) is 0 Å². The highest BCUT2D eigenvalue weighted by atomic mass is 32.1. The minimum absolute atomic E-state index is 0.393. The third-order valence-electron chi connectivity index (χ3n) is 2.92. The molecule has 3 nitrogen and oxygen atoms in total. The smallest absolute Gasteiger partial charge is 0.0893 e. The van der Waals surface area contributed by atoms with Gasteiger partial charge in [-0.15, -0.1) is 0 Å². The minimum atomic E-state index is -0.579. The number of benzene rings is 1. The van der Waals surface area contributed by atoms with Crippen molar-refractivity contribution in [1.82, 2.24) is 9.97 Å². The predicted octanol–water partition coefficient (Wildman–Crippen LogP) is 2.07. The molecule has 0 bridgehead atoms. The summed E-state index contributed by atoms with van der Waals surface area (Å²) < 4.78 is 0. The van der Waals surface area contributed by atoms with Crippen molar-refractivity contribution in [2.24, 2.45) is 5.73 Å². The van der Waals surface area contributed by atoms with E-state index in [2.05, 4.69) is 9.97 Å². The van der Waals surface area contributed by atoms with Gasteiger partial charge in [0.1, 0.15) is 0 Å². The zero-order valence-corrected chi connectivity index (χ0v) is 10.3. The second-order valence-corrected chi connectivity index (χ2v) is 4.39. The molecule has 2 rings (SSSR count). The van der Waals surface area contributed by atoms with Crippen molar-refractivity contribution in [3.63, 3.8) is 0 Å². The Labute approximate surface area is 106 Å². The van der Waals surface area contributed by atoms with E-state index in [0.717, 1.165) is 11.3 Å². The highest BCUT2D eigenvalue weighted by molar-refractivity contribution is 7.80. The maximum Gasteiger partial charge on any atom is 0.0893 e. The second kappa shape index (κ2) is 4.59. The van der Waals surface area contributed by atoms with Crippen LogP contribution < -0.4 is 5.73 Å². The SMILES string of the molecule is CC(C(N)=S)(c1ccccc1)c1cnccn1. The molecular weight excluding hydrogens is 230 g/mol. The van der Waals surface area contributed by atoms with Gasteiger partial charge in [0.2, 0.25) is 0 Å². The van der Waals surface area contributed by atoms with E-state index in [9.17, 15) is 0 Å². The first-order valence-corrected chi connectivity index (χ1v) is 5.68. The Bertz CT molecular complexity index is 471. The van der Waals surface area contributed by atoms with E-state index in [4.69, 9.17) is 18.0 Å². The van der Waals surface area contributed by atoms with Crippen LogP contribution in [0.3, 0.4) is 0 Å². The maximum atomic E-state index is 5.90. The molecule has 0 saturated carbocycles. The lowest BCUT2D eigenvalue weighted by Crippen LogP contribution is -2.39. The molecule has 1 heterocycles. The summed E-state index contributed by atoms with van der Waals surface area (Å²) in [7, 11) is 0. The van der Waals surface area contributed by atoms with Crippen LogP contribution in [0.4, 0.5) is 0 Å². The summed E-state index contributed by atoms with van der Waals surface area (Å²) in [5, 5.41) is 0. The van der Waals surface area contributed by atoms with Gasteiger partial charge in [-0.1, -0.05) is 42.5 Å². The number of hydrogen-bond donors (Lipinski definition) is 1. The molecule has 4 heteroatoms. The Hall–Kier alpha value is -1.81.